The third kappa shape index (κ3) is 44.9. The van der Waals surface area contributed by atoms with Crippen molar-refractivity contribution < 1.29 is 61.0 Å². The molecule has 0 atom stereocenters. The summed E-state index contributed by atoms with van der Waals surface area (Å²) in [7, 11) is -7.21. The fraction of sp³-hybridized carbons (Fsp3) is 0.800. The van der Waals surface area contributed by atoms with E-state index in [2.05, 4.69) is 464 Å². The molecule has 0 aliphatic heterocycles. The summed E-state index contributed by atoms with van der Waals surface area (Å²) in [6.07, 6.45) is 7.70. The van der Waals surface area contributed by atoms with Gasteiger partial charge < -0.3 is 61.0 Å². The van der Waals surface area contributed by atoms with Gasteiger partial charge in [0.05, 0.1) is 20.7 Å². The highest BCUT2D eigenvalue weighted by atomic mass is 28.4. The van der Waals surface area contributed by atoms with Gasteiger partial charge in [0, 0.05) is 0 Å². The van der Waals surface area contributed by atoms with Crippen molar-refractivity contribution in [3.8, 4) is 69.0 Å². The van der Waals surface area contributed by atoms with E-state index >= 15 is 0 Å². The Hall–Kier alpha value is -5.13. The van der Waals surface area contributed by atoms with Crippen molar-refractivity contribution in [1.29, 1.82) is 0 Å². The summed E-state index contributed by atoms with van der Waals surface area (Å²) < 4.78 is 110. The lowest BCUT2D eigenvalue weighted by Crippen LogP contribution is -2.59. The molecule has 0 amide bonds. The van der Waals surface area contributed by atoms with Crippen molar-refractivity contribution in [1.82, 2.24) is 0 Å². The van der Waals surface area contributed by atoms with Crippen LogP contribution < -0.4 is 77.6 Å². The average Bonchev–Trinajstić information content (AvgIpc) is 0.725. The molecule has 4 aromatic carbocycles. The van der Waals surface area contributed by atoms with E-state index in [4.69, 9.17) is 56.8 Å². The molecular formula is C120H212O13Si2. The lowest BCUT2D eigenvalue weighted by molar-refractivity contribution is 0.0346. The molecule has 0 bridgehead atoms. The molecule has 778 valence electrons. The van der Waals surface area contributed by atoms with E-state index in [1.165, 1.54) is 0 Å². The van der Waals surface area contributed by atoms with Gasteiger partial charge >= 0.3 is 0 Å². The molecule has 4 aromatic rings. The lowest BCUT2D eigenvalue weighted by Gasteiger charge is -2.42. The van der Waals surface area contributed by atoms with Crippen LogP contribution in [0.4, 0.5) is 0 Å². The molecule has 0 heterocycles. The molecule has 13 nitrogen and oxygen atoms in total. The molecule has 0 saturated heterocycles. The van der Waals surface area contributed by atoms with E-state index in [-0.39, 0.29) is 65.0 Å². The second-order valence-electron chi connectivity index (χ2n) is 63.0. The summed E-state index contributed by atoms with van der Waals surface area (Å²) >= 11 is 0. The topological polar surface area (TPSA) is 120 Å². The minimum Gasteiger partial charge on any atom is -0.488 e. The van der Waals surface area contributed by atoms with Gasteiger partial charge in [0.1, 0.15) is 90.2 Å². The third-order valence-corrected chi connectivity index (χ3v) is 26.9. The zero-order valence-electron chi connectivity index (χ0n) is 99.4. The Morgan fingerprint density at radius 1 is 0.133 bits per heavy atom. The van der Waals surface area contributed by atoms with Crippen molar-refractivity contribution >= 4 is 38.8 Å². The second kappa shape index (κ2) is 41.3. The average molecular weight is 1920 g/mol. The van der Waals surface area contributed by atoms with Crippen LogP contribution in [0.5, 0.6) is 69.0 Å². The number of benzene rings is 4. The first-order valence-corrected chi connectivity index (χ1v) is 54.3. The fourth-order valence-electron chi connectivity index (χ4n) is 23.9. The van der Waals surface area contributed by atoms with E-state index in [0.717, 1.165) is 0 Å². The molecule has 0 spiro atoms. The van der Waals surface area contributed by atoms with Crippen molar-refractivity contribution in [3.05, 3.63) is 48.5 Å². The number of hydrogen-bond donors (Lipinski definition) is 0. The number of hydrogen-bond acceptors (Lipinski definition) is 13. The molecule has 0 fully saturated rings. The molecule has 0 aliphatic rings. The molecule has 0 aromatic heterocycles. The quantitative estimate of drug-likeness (QED) is 0.0392. The van der Waals surface area contributed by atoms with Gasteiger partial charge in [0.15, 0.2) is 46.0 Å². The zero-order chi connectivity index (χ0) is 106. The summed E-state index contributed by atoms with van der Waals surface area (Å²) in [6, 6.07) is 17.0. The largest absolute Gasteiger partial charge is 0.488 e. The van der Waals surface area contributed by atoms with Crippen LogP contribution in [-0.4, -0.2) is 85.3 Å². The first kappa shape index (κ1) is 122. The Kier molecular flexibility index (Phi) is 37.4. The maximum atomic E-state index is 10.0. The fourth-order valence-corrected chi connectivity index (χ4v) is 29.8. The molecule has 0 unspecified atom stereocenters. The molecule has 0 saturated carbocycles. The Morgan fingerprint density at radius 2 is 0.222 bits per heavy atom. The number of ether oxygens (including phenoxy) is 12. The van der Waals surface area contributed by atoms with Crippen molar-refractivity contribution in [2.75, 3.05) is 0 Å². The highest BCUT2D eigenvalue weighted by Gasteiger charge is 2.52. The highest BCUT2D eigenvalue weighted by Crippen LogP contribution is 2.52. The predicted octanol–water partition coefficient (Wildman–Crippen LogP) is 33.7. The molecule has 0 aliphatic carbocycles. The van der Waals surface area contributed by atoms with Crippen molar-refractivity contribution in [2.24, 2.45) is 65.0 Å². The number of rotatable bonds is 42. The Bertz CT molecular complexity index is 3940. The predicted molar refractivity (Wildman–Crippen MR) is 582 cm³/mol. The Balaban J connectivity index is 3.31. The highest BCUT2D eigenvalue weighted by molar-refractivity contribution is 6.94. The molecule has 2 radical (unpaired) electrons. The van der Waals surface area contributed by atoms with Crippen LogP contribution in [0.15, 0.2) is 48.5 Å². The van der Waals surface area contributed by atoms with Crippen molar-refractivity contribution in [2.45, 2.75) is 560 Å². The summed E-state index contributed by atoms with van der Waals surface area (Å²) in [5.74, 6) is 6.01. The van der Waals surface area contributed by atoms with Crippen LogP contribution in [0.25, 0.3) is 0 Å². The third-order valence-electron chi connectivity index (χ3n) is 21.5. The minimum atomic E-state index is -3.61. The maximum absolute atomic E-state index is 10.0. The van der Waals surface area contributed by atoms with Crippen molar-refractivity contribution in [3.63, 3.8) is 0 Å². The molecular weight excluding hydrogens is 1710 g/mol. The summed E-state index contributed by atoms with van der Waals surface area (Å²) in [4.78, 5) is 0. The molecule has 135 heavy (non-hydrogen) atoms. The van der Waals surface area contributed by atoms with Gasteiger partial charge in [0.2, 0.25) is 0 Å². The molecule has 15 heteroatoms. The van der Waals surface area contributed by atoms with E-state index in [0.29, 0.717) is 167 Å². The van der Waals surface area contributed by atoms with E-state index in [9.17, 15) is 4.12 Å². The Morgan fingerprint density at radius 3 is 0.326 bits per heavy atom. The maximum Gasteiger partial charge on any atom is 0.288 e. The summed E-state index contributed by atoms with van der Waals surface area (Å²) in [5.41, 5.74) is -13.4. The zero-order valence-corrected chi connectivity index (χ0v) is 101. The van der Waals surface area contributed by atoms with E-state index in [1.54, 1.807) is 0 Å². The van der Waals surface area contributed by atoms with Gasteiger partial charge in [-0.3, -0.25) is 0 Å². The summed E-state index contributed by atoms with van der Waals surface area (Å²) in [6.45, 7) is 136. The van der Waals surface area contributed by atoms with Gasteiger partial charge in [-0.05, 0) is 357 Å². The van der Waals surface area contributed by atoms with Gasteiger partial charge in [-0.25, -0.2) is 0 Å². The Labute approximate surface area is 836 Å². The van der Waals surface area contributed by atoms with Crippen LogP contribution in [0, 0.1) is 65.0 Å². The first-order valence-electron chi connectivity index (χ1n) is 51.4. The lowest BCUT2D eigenvalue weighted by atomic mass is 9.83. The monoisotopic (exact) mass is 1920 g/mol. The van der Waals surface area contributed by atoms with Crippen LogP contribution >= 0.6 is 0 Å². The molecule has 0 N–H and O–H groups in total. The normalized spacial score (nSPS) is 14.7. The van der Waals surface area contributed by atoms with E-state index in [1.807, 2.05) is 0 Å². The second-order valence-corrected chi connectivity index (χ2v) is 67.1. The van der Waals surface area contributed by atoms with Gasteiger partial charge in [0.25, 0.3) is 18.1 Å². The van der Waals surface area contributed by atoms with Gasteiger partial charge in [-0.1, -0.05) is 249 Å². The van der Waals surface area contributed by atoms with Gasteiger partial charge in [-0.2, -0.15) is 0 Å². The minimum absolute atomic E-state index is 0.195. The standard InChI is InChI=1S/C120H212O13Si2/c1-97(2,3)69-109(37,38)121-81-61-65-85(125-113(45,46)73-101(13,14)15)93(89(81)129-117(53,54)77-105(25,26)27)134(94-86(126-114(47,48)74-102(16,17)18)66-62-82(122-110(39,40)70-98(4,5)6)90(94)130-118(55,56)78-106(28,29)30)133-135(95-87(127-115(49,50)75-103(19,20)21)67-63-83(123-111(41,42)71-99(7,8)9)91(95)131-119(57,58)79-107(31,32)33)96-88(128-116(51,52)76-104(22,23)24)68-64-84(124-112(43,44)72-100(10,11)12)92(96)132-120(59,60)80-108(34,35)36/h61-68H,69-80H2,1-60H3. The van der Waals surface area contributed by atoms with Crippen LogP contribution in [-0.2, 0) is 4.12 Å². The molecule has 4 rings (SSSR count). The first-order chi connectivity index (χ1) is 59.0. The van der Waals surface area contributed by atoms with E-state index < -0.39 is 85.3 Å². The summed E-state index contributed by atoms with van der Waals surface area (Å²) in [5, 5.41) is 2.47. The SMILES string of the molecule is CC(C)(C)CC(C)(C)Oc1ccc(OC(C)(C)CC(C)(C)C)c([Si](O[Si](c2c(OC(C)(C)CC(C)(C)C)ccc(OC(C)(C)CC(C)(C)C)c2OC(C)(C)CC(C)(C)C)c2c(OC(C)(C)CC(C)(C)C)ccc(OC(C)(C)CC(C)(C)C)c2OC(C)(C)CC(C)(C)C)c2c(OC(C)(C)CC(C)(C)C)ccc(OC(C)(C)CC(C)(C)C)c2OC(C)(C)CC(C)(C)C)c1OC(C)(C)CC(C)(C)C. The van der Waals surface area contributed by atoms with Crippen LogP contribution in [0.2, 0.25) is 0 Å². The van der Waals surface area contributed by atoms with Gasteiger partial charge in [-0.15, -0.1) is 0 Å². The van der Waals surface area contributed by atoms with Crippen LogP contribution in [0.3, 0.4) is 0 Å². The smallest absolute Gasteiger partial charge is 0.288 e. The van der Waals surface area contributed by atoms with Crippen LogP contribution in [0.1, 0.15) is 492 Å².